The Morgan fingerprint density at radius 1 is 1.19 bits per heavy atom. The van der Waals surface area contributed by atoms with Crippen molar-refractivity contribution < 1.29 is 4.39 Å². The van der Waals surface area contributed by atoms with E-state index in [2.05, 4.69) is 27.3 Å². The van der Waals surface area contributed by atoms with Gasteiger partial charge in [-0.15, -0.1) is 0 Å². The Bertz CT molecular complexity index is 516. The van der Waals surface area contributed by atoms with E-state index in [0.717, 1.165) is 16.6 Å². The van der Waals surface area contributed by atoms with Gasteiger partial charge >= 0.3 is 0 Å². The maximum absolute atomic E-state index is 13.5. The van der Waals surface area contributed by atoms with Gasteiger partial charge in [0.2, 0.25) is 0 Å². The second kappa shape index (κ2) is 7.06. The number of hydrogen-bond acceptors (Lipinski definition) is 1. The van der Waals surface area contributed by atoms with Crippen LogP contribution in [0.2, 0.25) is 0 Å². The molecule has 0 saturated heterocycles. The lowest BCUT2D eigenvalue weighted by atomic mass is 9.83. The molecule has 2 aliphatic carbocycles. The van der Waals surface area contributed by atoms with Gasteiger partial charge in [-0.05, 0) is 55.4 Å². The van der Waals surface area contributed by atoms with Crippen LogP contribution in [-0.2, 0) is 0 Å². The molecule has 0 aromatic heterocycles. The first-order chi connectivity index (χ1) is 10.2. The third-order valence-electron chi connectivity index (χ3n) is 4.60. The Morgan fingerprint density at radius 2 is 1.95 bits per heavy atom. The molecule has 0 atom stereocenters. The van der Waals surface area contributed by atoms with Crippen LogP contribution in [0.4, 0.5) is 4.39 Å². The minimum Gasteiger partial charge on any atom is -0.310 e. The van der Waals surface area contributed by atoms with Crippen LogP contribution in [0.25, 0.3) is 6.08 Å². The van der Waals surface area contributed by atoms with Gasteiger partial charge in [-0.2, -0.15) is 0 Å². The molecule has 1 aromatic carbocycles. The lowest BCUT2D eigenvalue weighted by molar-refractivity contribution is 0.396. The first kappa shape index (κ1) is 15.2. The van der Waals surface area contributed by atoms with Gasteiger partial charge in [0.05, 0.1) is 0 Å². The number of hydrogen-bond donors (Lipinski definition) is 1. The predicted molar refractivity (Wildman–Crippen MR) is 89.7 cm³/mol. The highest BCUT2D eigenvalue weighted by Gasteiger charge is 2.23. The first-order valence-electron chi connectivity index (χ1n) is 8.11. The normalized spacial score (nSPS) is 20.8. The topological polar surface area (TPSA) is 12.0 Å². The molecule has 2 saturated carbocycles. The molecule has 0 amide bonds. The summed E-state index contributed by atoms with van der Waals surface area (Å²) >= 11 is 3.54. The van der Waals surface area contributed by atoms with Crippen LogP contribution in [0, 0.1) is 11.7 Å². The number of halogens is 2. The van der Waals surface area contributed by atoms with Gasteiger partial charge in [0, 0.05) is 17.1 Å². The van der Waals surface area contributed by atoms with E-state index in [1.165, 1.54) is 56.6 Å². The third-order valence-corrected chi connectivity index (χ3v) is 5.32. The fourth-order valence-electron chi connectivity index (χ4n) is 3.16. The molecule has 0 spiro atoms. The zero-order valence-electron chi connectivity index (χ0n) is 12.4. The highest BCUT2D eigenvalue weighted by atomic mass is 79.9. The highest BCUT2D eigenvalue weighted by Crippen LogP contribution is 2.32. The van der Waals surface area contributed by atoms with E-state index in [-0.39, 0.29) is 5.82 Å². The van der Waals surface area contributed by atoms with E-state index in [4.69, 9.17) is 0 Å². The zero-order valence-corrected chi connectivity index (χ0v) is 14.0. The summed E-state index contributed by atoms with van der Waals surface area (Å²) in [4.78, 5) is 0. The maximum Gasteiger partial charge on any atom is 0.123 e. The SMILES string of the molecule is Fc1ccc(Br)c(/C=C(/CNC2CC2)C2CCCCC2)c1. The molecule has 2 aliphatic rings. The van der Waals surface area contributed by atoms with Crippen molar-refractivity contribution in [2.45, 2.75) is 51.0 Å². The molecule has 0 aliphatic heterocycles. The van der Waals surface area contributed by atoms with Crippen LogP contribution < -0.4 is 5.32 Å². The van der Waals surface area contributed by atoms with Crippen LogP contribution in [0.1, 0.15) is 50.5 Å². The molecular weight excluding hydrogens is 329 g/mol. The second-order valence-corrected chi connectivity index (χ2v) is 7.23. The van der Waals surface area contributed by atoms with Gasteiger partial charge in [-0.1, -0.05) is 46.8 Å². The molecule has 1 aromatic rings. The first-order valence-corrected chi connectivity index (χ1v) is 8.90. The largest absolute Gasteiger partial charge is 0.310 e. The van der Waals surface area contributed by atoms with Gasteiger partial charge in [0.15, 0.2) is 0 Å². The van der Waals surface area contributed by atoms with Crippen molar-refractivity contribution in [3.63, 3.8) is 0 Å². The Kier molecular flexibility index (Phi) is 5.12. The summed E-state index contributed by atoms with van der Waals surface area (Å²) in [7, 11) is 0. The number of nitrogens with one attached hydrogen (secondary N) is 1. The standard InChI is InChI=1S/C18H23BrFN/c19-18-9-6-16(20)11-14(18)10-15(12-21-17-7-8-17)13-4-2-1-3-5-13/h6,9-11,13,17,21H,1-5,7-8,12H2/b15-10-. The Morgan fingerprint density at radius 3 is 2.67 bits per heavy atom. The van der Waals surface area contributed by atoms with E-state index in [0.29, 0.717) is 12.0 Å². The van der Waals surface area contributed by atoms with Crippen LogP contribution in [0.5, 0.6) is 0 Å². The minimum atomic E-state index is -0.164. The average molecular weight is 352 g/mol. The van der Waals surface area contributed by atoms with Crippen molar-refractivity contribution in [1.82, 2.24) is 5.32 Å². The van der Waals surface area contributed by atoms with E-state index >= 15 is 0 Å². The van der Waals surface area contributed by atoms with Crippen LogP contribution in [0.15, 0.2) is 28.2 Å². The van der Waals surface area contributed by atoms with E-state index < -0.39 is 0 Å². The van der Waals surface area contributed by atoms with E-state index in [1.54, 1.807) is 12.1 Å². The molecule has 114 valence electrons. The Balaban J connectivity index is 1.80. The molecule has 2 fully saturated rings. The maximum atomic E-state index is 13.5. The predicted octanol–water partition coefficient (Wildman–Crippen LogP) is 5.30. The van der Waals surface area contributed by atoms with Crippen molar-refractivity contribution in [3.8, 4) is 0 Å². The lowest BCUT2D eigenvalue weighted by Crippen LogP contribution is -2.24. The Hall–Kier alpha value is -0.670. The summed E-state index contributed by atoms with van der Waals surface area (Å²) in [5, 5.41) is 3.63. The van der Waals surface area contributed by atoms with E-state index in [1.807, 2.05) is 0 Å². The summed E-state index contributed by atoms with van der Waals surface area (Å²) in [6.07, 6.45) is 11.4. The highest BCUT2D eigenvalue weighted by molar-refractivity contribution is 9.10. The van der Waals surface area contributed by atoms with Gasteiger partial charge < -0.3 is 5.32 Å². The van der Waals surface area contributed by atoms with Crippen LogP contribution in [-0.4, -0.2) is 12.6 Å². The second-order valence-electron chi connectivity index (χ2n) is 6.38. The number of rotatable bonds is 5. The van der Waals surface area contributed by atoms with Gasteiger partial charge in [-0.25, -0.2) is 4.39 Å². The van der Waals surface area contributed by atoms with Crippen molar-refractivity contribution in [3.05, 3.63) is 39.6 Å². The molecule has 0 unspecified atom stereocenters. The monoisotopic (exact) mass is 351 g/mol. The summed E-state index contributed by atoms with van der Waals surface area (Å²) < 4.78 is 14.5. The molecule has 21 heavy (non-hydrogen) atoms. The smallest absolute Gasteiger partial charge is 0.123 e. The number of benzene rings is 1. The fourth-order valence-corrected chi connectivity index (χ4v) is 3.52. The van der Waals surface area contributed by atoms with Crippen LogP contribution in [0.3, 0.4) is 0 Å². The molecule has 3 rings (SSSR count). The van der Waals surface area contributed by atoms with Gasteiger partial charge in [0.25, 0.3) is 0 Å². The molecule has 1 nitrogen and oxygen atoms in total. The third kappa shape index (κ3) is 4.40. The summed E-state index contributed by atoms with van der Waals surface area (Å²) in [6.45, 7) is 0.957. The molecule has 0 heterocycles. The summed E-state index contributed by atoms with van der Waals surface area (Å²) in [5.74, 6) is 0.503. The molecule has 0 bridgehead atoms. The molecule has 1 N–H and O–H groups in total. The zero-order chi connectivity index (χ0) is 14.7. The lowest BCUT2D eigenvalue weighted by Gasteiger charge is -2.25. The Labute approximate surface area is 135 Å². The van der Waals surface area contributed by atoms with Crippen molar-refractivity contribution in [1.29, 1.82) is 0 Å². The quantitative estimate of drug-likeness (QED) is 0.758. The average Bonchev–Trinajstić information content (AvgIpc) is 3.32. The fraction of sp³-hybridized carbons (Fsp3) is 0.556. The van der Waals surface area contributed by atoms with Gasteiger partial charge in [-0.3, -0.25) is 0 Å². The molecule has 3 heteroatoms. The van der Waals surface area contributed by atoms with Gasteiger partial charge in [0.1, 0.15) is 5.82 Å². The molecular formula is C18H23BrFN. The summed E-state index contributed by atoms with van der Waals surface area (Å²) in [5.41, 5.74) is 2.42. The minimum absolute atomic E-state index is 0.164. The van der Waals surface area contributed by atoms with Crippen molar-refractivity contribution in [2.75, 3.05) is 6.54 Å². The van der Waals surface area contributed by atoms with E-state index in [9.17, 15) is 4.39 Å². The van der Waals surface area contributed by atoms with Crippen molar-refractivity contribution >= 4 is 22.0 Å². The molecule has 0 radical (unpaired) electrons. The van der Waals surface area contributed by atoms with Crippen molar-refractivity contribution in [2.24, 2.45) is 5.92 Å². The summed E-state index contributed by atoms with van der Waals surface area (Å²) in [6, 6.07) is 5.65. The van der Waals surface area contributed by atoms with Crippen LogP contribution >= 0.6 is 15.9 Å².